The lowest BCUT2D eigenvalue weighted by atomic mass is 9.99. The molecule has 4 heteroatoms. The molecule has 1 aliphatic carbocycles. The number of hydrogen-bond acceptors (Lipinski definition) is 2. The molecule has 1 heterocycles. The molecular formula is C20H18BrNO2. The summed E-state index contributed by atoms with van der Waals surface area (Å²) >= 11 is 3.42. The van der Waals surface area contributed by atoms with Crippen molar-refractivity contribution in [2.24, 2.45) is 11.3 Å². The van der Waals surface area contributed by atoms with Gasteiger partial charge in [0.05, 0.1) is 17.0 Å². The third kappa shape index (κ3) is 2.02. The molecule has 0 radical (unpaired) electrons. The highest BCUT2D eigenvalue weighted by Crippen LogP contribution is 2.69. The smallest absolute Gasteiger partial charge is 0.241 e. The molecule has 0 spiro atoms. The minimum atomic E-state index is -0.609. The van der Waals surface area contributed by atoms with Gasteiger partial charge in [-0.2, -0.15) is 0 Å². The van der Waals surface area contributed by atoms with Gasteiger partial charge in [0.15, 0.2) is 0 Å². The number of nitrogens with zero attached hydrogens (tertiary/aromatic N) is 1. The Morgan fingerprint density at radius 2 is 1.54 bits per heavy atom. The number of amides is 2. The molecule has 1 aliphatic heterocycles. The van der Waals surface area contributed by atoms with Crippen LogP contribution in [0.25, 0.3) is 0 Å². The number of hydrogen-bond donors (Lipinski definition) is 0. The summed E-state index contributed by atoms with van der Waals surface area (Å²) in [5.41, 5.74) is 3.27. The van der Waals surface area contributed by atoms with Crippen molar-refractivity contribution in [1.29, 1.82) is 0 Å². The van der Waals surface area contributed by atoms with Crippen LogP contribution in [-0.2, 0) is 9.59 Å². The number of carbonyl (C=O) groups excluding carboxylic acids is 2. The fourth-order valence-electron chi connectivity index (χ4n) is 4.19. The van der Waals surface area contributed by atoms with Crippen LogP contribution in [0, 0.1) is 25.2 Å². The maximum Gasteiger partial charge on any atom is 0.241 e. The van der Waals surface area contributed by atoms with E-state index in [1.807, 2.05) is 63.2 Å². The summed E-state index contributed by atoms with van der Waals surface area (Å²) in [6, 6.07) is 13.8. The Hall–Kier alpha value is -1.94. The second-order valence-corrected chi connectivity index (χ2v) is 8.03. The highest BCUT2D eigenvalue weighted by molar-refractivity contribution is 9.10. The van der Waals surface area contributed by atoms with Crippen molar-refractivity contribution in [3.8, 4) is 0 Å². The lowest BCUT2D eigenvalue weighted by Crippen LogP contribution is -2.36. The van der Waals surface area contributed by atoms with Gasteiger partial charge in [0.1, 0.15) is 0 Å². The van der Waals surface area contributed by atoms with E-state index < -0.39 is 5.41 Å². The van der Waals surface area contributed by atoms with E-state index >= 15 is 0 Å². The fourth-order valence-corrected chi connectivity index (χ4v) is 4.46. The van der Waals surface area contributed by atoms with Crippen molar-refractivity contribution < 1.29 is 9.59 Å². The number of rotatable bonds is 2. The van der Waals surface area contributed by atoms with Gasteiger partial charge in [-0.15, -0.1) is 0 Å². The Labute approximate surface area is 149 Å². The number of piperidine rings is 1. The van der Waals surface area contributed by atoms with E-state index in [-0.39, 0.29) is 23.7 Å². The van der Waals surface area contributed by atoms with Crippen molar-refractivity contribution in [2.75, 3.05) is 4.90 Å². The normalized spacial score (nSPS) is 28.2. The molecule has 1 saturated heterocycles. The van der Waals surface area contributed by atoms with Gasteiger partial charge >= 0.3 is 0 Å². The molecule has 3 nitrogen and oxygen atoms in total. The molecule has 0 bridgehead atoms. The molecule has 0 aromatic heterocycles. The third-order valence-corrected chi connectivity index (χ3v) is 5.89. The molecule has 2 aromatic rings. The minimum absolute atomic E-state index is 0.00671. The lowest BCUT2D eigenvalue weighted by Gasteiger charge is -2.21. The number of aryl methyl sites for hydroxylation is 2. The van der Waals surface area contributed by atoms with E-state index in [0.717, 1.165) is 21.2 Å². The van der Waals surface area contributed by atoms with Gasteiger partial charge < -0.3 is 0 Å². The predicted octanol–water partition coefficient (Wildman–Crippen LogP) is 4.36. The van der Waals surface area contributed by atoms with E-state index in [9.17, 15) is 9.59 Å². The first kappa shape index (κ1) is 15.6. The van der Waals surface area contributed by atoms with Gasteiger partial charge in [-0.05, 0) is 61.7 Å². The average Bonchev–Trinajstić information content (AvgIpc) is 3.08. The Morgan fingerprint density at radius 3 is 2.04 bits per heavy atom. The SMILES string of the molecule is Cc1cc(C)cc(N2C(=O)[C@@H]3[C@H](c4ccc(Br)cc4)[C@]3(C)C2=O)c1. The van der Waals surface area contributed by atoms with Crippen LogP contribution in [0.2, 0.25) is 0 Å². The number of carbonyl (C=O) groups is 2. The molecule has 122 valence electrons. The molecule has 0 N–H and O–H groups in total. The van der Waals surface area contributed by atoms with E-state index in [4.69, 9.17) is 0 Å². The second kappa shape index (κ2) is 5.03. The fraction of sp³-hybridized carbons (Fsp3) is 0.300. The second-order valence-electron chi connectivity index (χ2n) is 7.11. The van der Waals surface area contributed by atoms with E-state index in [1.165, 1.54) is 4.90 Å². The first-order valence-corrected chi connectivity index (χ1v) is 8.85. The zero-order valence-corrected chi connectivity index (χ0v) is 15.4. The first-order valence-electron chi connectivity index (χ1n) is 8.06. The number of fused-ring (bicyclic) bond motifs is 1. The van der Waals surface area contributed by atoms with E-state index in [1.54, 1.807) is 0 Å². The van der Waals surface area contributed by atoms with Crippen molar-refractivity contribution in [2.45, 2.75) is 26.7 Å². The highest BCUT2D eigenvalue weighted by Gasteiger charge is 2.76. The number of benzene rings is 2. The molecule has 2 fully saturated rings. The Kier molecular flexibility index (Phi) is 3.26. The van der Waals surface area contributed by atoms with Gasteiger partial charge in [0.2, 0.25) is 11.8 Å². The summed E-state index contributed by atoms with van der Waals surface area (Å²) in [6.07, 6.45) is 0. The Balaban J connectivity index is 1.70. The van der Waals surface area contributed by atoms with Crippen LogP contribution in [0.3, 0.4) is 0 Å². The van der Waals surface area contributed by atoms with Gasteiger partial charge in [-0.1, -0.05) is 34.1 Å². The van der Waals surface area contributed by atoms with Crippen molar-refractivity contribution >= 4 is 33.4 Å². The summed E-state index contributed by atoms with van der Waals surface area (Å²) in [5.74, 6) is -0.393. The Morgan fingerprint density at radius 1 is 0.958 bits per heavy atom. The summed E-state index contributed by atoms with van der Waals surface area (Å²) in [6.45, 7) is 5.89. The molecule has 0 unspecified atom stereocenters. The monoisotopic (exact) mass is 383 g/mol. The van der Waals surface area contributed by atoms with E-state index in [2.05, 4.69) is 15.9 Å². The summed E-state index contributed by atoms with van der Waals surface area (Å²) in [5, 5.41) is 0. The number of halogens is 1. The Bertz CT molecular complexity index is 853. The van der Waals surface area contributed by atoms with E-state index in [0.29, 0.717) is 5.69 Å². The maximum atomic E-state index is 13.0. The highest BCUT2D eigenvalue weighted by atomic mass is 79.9. The first-order chi connectivity index (χ1) is 11.3. The summed E-state index contributed by atoms with van der Waals surface area (Å²) in [4.78, 5) is 27.4. The molecule has 2 aliphatic rings. The van der Waals surface area contributed by atoms with Crippen molar-refractivity contribution in [1.82, 2.24) is 0 Å². The van der Waals surface area contributed by atoms with Gasteiger partial charge in [0.25, 0.3) is 0 Å². The van der Waals surface area contributed by atoms with Crippen LogP contribution < -0.4 is 4.90 Å². The van der Waals surface area contributed by atoms with Crippen LogP contribution in [-0.4, -0.2) is 11.8 Å². The van der Waals surface area contributed by atoms with Crippen LogP contribution >= 0.6 is 15.9 Å². The molecule has 4 rings (SSSR count). The number of anilines is 1. The van der Waals surface area contributed by atoms with Crippen molar-refractivity contribution in [3.05, 3.63) is 63.6 Å². The van der Waals surface area contributed by atoms with Gasteiger partial charge in [0, 0.05) is 10.4 Å². The predicted molar refractivity (Wildman–Crippen MR) is 96.9 cm³/mol. The van der Waals surface area contributed by atoms with Crippen LogP contribution in [0.1, 0.15) is 29.5 Å². The zero-order valence-electron chi connectivity index (χ0n) is 13.8. The molecule has 24 heavy (non-hydrogen) atoms. The minimum Gasteiger partial charge on any atom is -0.274 e. The maximum absolute atomic E-state index is 13.0. The molecule has 3 atom stereocenters. The quantitative estimate of drug-likeness (QED) is 0.722. The lowest BCUT2D eigenvalue weighted by molar-refractivity contribution is -0.125. The van der Waals surface area contributed by atoms with Gasteiger partial charge in [-0.25, -0.2) is 4.90 Å². The standard InChI is InChI=1S/C20H18BrNO2/c1-11-8-12(2)10-15(9-11)22-18(23)17-16(20(17,3)19(22)24)13-4-6-14(21)7-5-13/h4-10,16-17H,1-3H3/t16-,17-,20-/m0/s1. The summed E-state index contributed by atoms with van der Waals surface area (Å²) in [7, 11) is 0. The largest absolute Gasteiger partial charge is 0.274 e. The average molecular weight is 384 g/mol. The molecule has 2 amide bonds. The summed E-state index contributed by atoms with van der Waals surface area (Å²) < 4.78 is 0.997. The topological polar surface area (TPSA) is 37.4 Å². The molecular weight excluding hydrogens is 366 g/mol. The molecule has 1 saturated carbocycles. The molecule has 2 aromatic carbocycles. The third-order valence-electron chi connectivity index (χ3n) is 5.36. The van der Waals surface area contributed by atoms with Gasteiger partial charge in [-0.3, -0.25) is 9.59 Å². The number of imide groups is 1. The van der Waals surface area contributed by atoms with Crippen LogP contribution in [0.5, 0.6) is 0 Å². The van der Waals surface area contributed by atoms with Crippen LogP contribution in [0.15, 0.2) is 46.9 Å². The van der Waals surface area contributed by atoms with Crippen molar-refractivity contribution in [3.63, 3.8) is 0 Å². The van der Waals surface area contributed by atoms with Crippen LogP contribution in [0.4, 0.5) is 5.69 Å². The zero-order chi connectivity index (χ0) is 17.2.